The summed E-state index contributed by atoms with van der Waals surface area (Å²) in [5.74, 6) is 2.51. The van der Waals surface area contributed by atoms with Gasteiger partial charge in [-0.3, -0.25) is 4.98 Å². The van der Waals surface area contributed by atoms with E-state index >= 15 is 0 Å². The first-order valence-electron chi connectivity index (χ1n) is 5.97. The fraction of sp³-hybridized carbons (Fsp3) is 0.267. The van der Waals surface area contributed by atoms with Crippen molar-refractivity contribution in [2.75, 3.05) is 0 Å². The van der Waals surface area contributed by atoms with Gasteiger partial charge in [-0.15, -0.1) is 11.6 Å². The topological polar surface area (TPSA) is 22.1 Å². The van der Waals surface area contributed by atoms with Crippen LogP contribution in [-0.4, -0.2) is 4.98 Å². The van der Waals surface area contributed by atoms with Gasteiger partial charge in [-0.2, -0.15) is 0 Å². The highest BCUT2D eigenvalue weighted by Gasteiger charge is 2.02. The van der Waals surface area contributed by atoms with E-state index in [0.717, 1.165) is 17.2 Å². The van der Waals surface area contributed by atoms with Crippen LogP contribution in [0.2, 0.25) is 0 Å². The van der Waals surface area contributed by atoms with Crippen molar-refractivity contribution >= 4 is 11.6 Å². The summed E-state index contributed by atoms with van der Waals surface area (Å²) in [7, 11) is 0. The molecule has 0 aliphatic rings. The summed E-state index contributed by atoms with van der Waals surface area (Å²) >= 11 is 5.74. The van der Waals surface area contributed by atoms with Gasteiger partial charge >= 0.3 is 0 Å². The van der Waals surface area contributed by atoms with Crippen LogP contribution in [-0.2, 0) is 5.88 Å². The van der Waals surface area contributed by atoms with Crippen LogP contribution in [0, 0.1) is 0 Å². The minimum absolute atomic E-state index is 0.392. The minimum Gasteiger partial charge on any atom is -0.457 e. The summed E-state index contributed by atoms with van der Waals surface area (Å²) < 4.78 is 5.76. The van der Waals surface area contributed by atoms with Crippen LogP contribution in [0.3, 0.4) is 0 Å². The molecule has 0 spiro atoms. The number of hydrogen-bond acceptors (Lipinski definition) is 2. The van der Waals surface area contributed by atoms with Crippen LogP contribution in [0.25, 0.3) is 0 Å². The highest BCUT2D eigenvalue weighted by atomic mass is 35.5. The van der Waals surface area contributed by atoms with Crippen LogP contribution >= 0.6 is 11.6 Å². The number of aromatic nitrogens is 1. The molecule has 0 radical (unpaired) electrons. The molecule has 0 unspecified atom stereocenters. The van der Waals surface area contributed by atoms with Gasteiger partial charge in [-0.05, 0) is 29.7 Å². The maximum absolute atomic E-state index is 5.76. The third-order valence-corrected chi connectivity index (χ3v) is 2.98. The second-order valence-electron chi connectivity index (χ2n) is 4.44. The van der Waals surface area contributed by atoms with Crippen LogP contribution in [0.1, 0.15) is 31.0 Å². The third-order valence-electron chi connectivity index (χ3n) is 2.71. The quantitative estimate of drug-likeness (QED) is 0.742. The molecule has 0 atom stereocenters. The maximum Gasteiger partial charge on any atom is 0.130 e. The average Bonchev–Trinajstić information content (AvgIpc) is 2.39. The molecule has 0 fully saturated rings. The van der Waals surface area contributed by atoms with Crippen molar-refractivity contribution in [3.8, 4) is 11.5 Å². The summed E-state index contributed by atoms with van der Waals surface area (Å²) in [5, 5.41) is 0. The van der Waals surface area contributed by atoms with Gasteiger partial charge in [0.05, 0.1) is 11.6 Å². The molecular weight excluding hydrogens is 246 g/mol. The number of rotatable bonds is 4. The number of alkyl halides is 1. The molecule has 1 aromatic carbocycles. The van der Waals surface area contributed by atoms with Crippen molar-refractivity contribution in [3.05, 3.63) is 53.9 Å². The normalized spacial score (nSPS) is 10.7. The van der Waals surface area contributed by atoms with Gasteiger partial charge in [-0.1, -0.05) is 26.0 Å². The first-order valence-corrected chi connectivity index (χ1v) is 6.51. The Hall–Kier alpha value is -1.54. The number of pyridine rings is 1. The average molecular weight is 262 g/mol. The van der Waals surface area contributed by atoms with E-state index in [1.165, 1.54) is 5.56 Å². The molecule has 0 aliphatic carbocycles. The Kier molecular flexibility index (Phi) is 4.21. The Balaban J connectivity index is 2.13. The molecule has 94 valence electrons. The van der Waals surface area contributed by atoms with Crippen molar-refractivity contribution in [1.82, 2.24) is 4.98 Å². The molecule has 0 amide bonds. The largest absolute Gasteiger partial charge is 0.457 e. The lowest BCUT2D eigenvalue weighted by Gasteiger charge is -2.09. The Bertz CT molecular complexity index is 508. The number of benzene rings is 1. The Labute approximate surface area is 113 Å². The monoisotopic (exact) mass is 261 g/mol. The second kappa shape index (κ2) is 5.87. The fourth-order valence-corrected chi connectivity index (χ4v) is 1.80. The Morgan fingerprint density at radius 3 is 2.44 bits per heavy atom. The fourth-order valence-electron chi connectivity index (χ4n) is 1.65. The van der Waals surface area contributed by atoms with Gasteiger partial charge in [0.15, 0.2) is 0 Å². The third kappa shape index (κ3) is 3.23. The molecule has 2 rings (SSSR count). The van der Waals surface area contributed by atoms with E-state index in [-0.39, 0.29) is 0 Å². The zero-order chi connectivity index (χ0) is 13.0. The van der Waals surface area contributed by atoms with Crippen LogP contribution in [0.15, 0.2) is 42.6 Å². The first-order chi connectivity index (χ1) is 8.69. The zero-order valence-corrected chi connectivity index (χ0v) is 11.3. The molecule has 1 aromatic heterocycles. The summed E-state index contributed by atoms with van der Waals surface area (Å²) in [6.45, 7) is 4.34. The van der Waals surface area contributed by atoms with Gasteiger partial charge in [0.2, 0.25) is 0 Å². The van der Waals surface area contributed by atoms with Gasteiger partial charge < -0.3 is 4.74 Å². The molecule has 1 heterocycles. The van der Waals surface area contributed by atoms with E-state index in [4.69, 9.17) is 16.3 Å². The molecule has 0 N–H and O–H groups in total. The summed E-state index contributed by atoms with van der Waals surface area (Å²) in [4.78, 5) is 4.12. The Morgan fingerprint density at radius 2 is 1.83 bits per heavy atom. The second-order valence-corrected chi connectivity index (χ2v) is 4.71. The number of ether oxygens (including phenoxy) is 1. The zero-order valence-electron chi connectivity index (χ0n) is 10.6. The molecular formula is C15H16ClNO. The van der Waals surface area contributed by atoms with Gasteiger partial charge in [0.25, 0.3) is 0 Å². The number of halogens is 1. The highest BCUT2D eigenvalue weighted by Crippen LogP contribution is 2.24. The predicted octanol–water partition coefficient (Wildman–Crippen LogP) is 4.74. The van der Waals surface area contributed by atoms with E-state index < -0.39 is 0 Å². The minimum atomic E-state index is 0.392. The SMILES string of the molecule is CC(C)c1ccc(Oc2ccnc(CCl)c2)cc1. The summed E-state index contributed by atoms with van der Waals surface area (Å²) in [6.07, 6.45) is 1.70. The van der Waals surface area contributed by atoms with Crippen molar-refractivity contribution < 1.29 is 4.74 Å². The molecule has 0 aliphatic heterocycles. The molecule has 0 bridgehead atoms. The lowest BCUT2D eigenvalue weighted by molar-refractivity contribution is 0.481. The molecule has 2 nitrogen and oxygen atoms in total. The van der Waals surface area contributed by atoms with Crippen LogP contribution in [0.4, 0.5) is 0 Å². The molecule has 0 saturated carbocycles. The predicted molar refractivity (Wildman–Crippen MR) is 74.4 cm³/mol. The van der Waals surface area contributed by atoms with Gasteiger partial charge in [-0.25, -0.2) is 0 Å². The molecule has 3 heteroatoms. The van der Waals surface area contributed by atoms with Crippen molar-refractivity contribution in [3.63, 3.8) is 0 Å². The van der Waals surface area contributed by atoms with E-state index in [0.29, 0.717) is 11.8 Å². The smallest absolute Gasteiger partial charge is 0.130 e. The van der Waals surface area contributed by atoms with E-state index in [1.54, 1.807) is 6.20 Å². The van der Waals surface area contributed by atoms with E-state index in [2.05, 4.69) is 31.0 Å². The highest BCUT2D eigenvalue weighted by molar-refractivity contribution is 6.16. The number of hydrogen-bond donors (Lipinski definition) is 0. The lowest BCUT2D eigenvalue weighted by atomic mass is 10.0. The van der Waals surface area contributed by atoms with Crippen molar-refractivity contribution in [2.24, 2.45) is 0 Å². The summed E-state index contributed by atoms with van der Waals surface area (Å²) in [6, 6.07) is 11.8. The molecule has 18 heavy (non-hydrogen) atoms. The first kappa shape index (κ1) is 12.9. The van der Waals surface area contributed by atoms with Crippen LogP contribution < -0.4 is 4.74 Å². The summed E-state index contributed by atoms with van der Waals surface area (Å²) in [5.41, 5.74) is 2.12. The van der Waals surface area contributed by atoms with E-state index in [9.17, 15) is 0 Å². The maximum atomic E-state index is 5.76. The number of nitrogens with zero attached hydrogens (tertiary/aromatic N) is 1. The van der Waals surface area contributed by atoms with Gasteiger partial charge in [0, 0.05) is 12.3 Å². The van der Waals surface area contributed by atoms with E-state index in [1.807, 2.05) is 24.3 Å². The standard InChI is InChI=1S/C15H16ClNO/c1-11(2)12-3-5-14(6-4-12)18-15-7-8-17-13(9-15)10-16/h3-9,11H,10H2,1-2H3. The molecule has 2 aromatic rings. The van der Waals surface area contributed by atoms with Crippen molar-refractivity contribution in [1.29, 1.82) is 0 Å². The molecule has 0 saturated heterocycles. The Morgan fingerprint density at radius 1 is 1.11 bits per heavy atom. The van der Waals surface area contributed by atoms with Crippen molar-refractivity contribution in [2.45, 2.75) is 25.6 Å². The van der Waals surface area contributed by atoms with Gasteiger partial charge in [0.1, 0.15) is 11.5 Å². The lowest BCUT2D eigenvalue weighted by Crippen LogP contribution is -1.90. The van der Waals surface area contributed by atoms with Crippen LogP contribution in [0.5, 0.6) is 11.5 Å².